The Morgan fingerprint density at radius 1 is 0.640 bits per heavy atom. The van der Waals surface area contributed by atoms with Crippen molar-refractivity contribution in [1.29, 1.82) is 0 Å². The Morgan fingerprint density at radius 2 is 1.08 bits per heavy atom. The molecule has 0 saturated carbocycles. The molecule has 0 aliphatic carbocycles. The van der Waals surface area contributed by atoms with Crippen LogP contribution in [0.3, 0.4) is 0 Å². The summed E-state index contributed by atoms with van der Waals surface area (Å²) < 4.78 is 5.63. The summed E-state index contributed by atoms with van der Waals surface area (Å²) in [5.41, 5.74) is 5.46. The second-order valence-corrected chi connectivity index (χ2v) is 8.06. The van der Waals surface area contributed by atoms with Crippen LogP contribution in [0.15, 0.2) is 0 Å². The maximum Gasteiger partial charge on any atom is 0.0491 e. The molecule has 0 rings (SSSR count). The fraction of sp³-hybridized carbons (Fsp3) is 1.00. The van der Waals surface area contributed by atoms with Gasteiger partial charge >= 0.3 is 0 Å². The summed E-state index contributed by atoms with van der Waals surface area (Å²) >= 11 is 0. The van der Waals surface area contributed by atoms with Crippen molar-refractivity contribution < 1.29 is 4.74 Å². The van der Waals surface area contributed by atoms with Crippen LogP contribution < -0.4 is 5.73 Å². The van der Waals surface area contributed by atoms with Gasteiger partial charge in [0.2, 0.25) is 0 Å². The molecule has 0 aliphatic rings. The van der Waals surface area contributed by atoms with Crippen molar-refractivity contribution in [3.8, 4) is 0 Å². The van der Waals surface area contributed by atoms with E-state index in [-0.39, 0.29) is 0 Å². The molecular formula is C23H49NO. The zero-order valence-corrected chi connectivity index (χ0v) is 17.7. The van der Waals surface area contributed by atoms with Gasteiger partial charge in [-0.2, -0.15) is 0 Å². The van der Waals surface area contributed by atoms with Gasteiger partial charge in [-0.15, -0.1) is 0 Å². The van der Waals surface area contributed by atoms with E-state index in [1.165, 1.54) is 103 Å². The van der Waals surface area contributed by atoms with Crippen LogP contribution in [0.4, 0.5) is 0 Å². The highest BCUT2D eigenvalue weighted by molar-refractivity contribution is 4.54. The summed E-state index contributed by atoms with van der Waals surface area (Å²) in [5.74, 6) is 0.708. The second kappa shape index (κ2) is 22.0. The number of hydrogen-bond donors (Lipinski definition) is 1. The molecule has 0 spiro atoms. The van der Waals surface area contributed by atoms with Gasteiger partial charge in [0, 0.05) is 13.2 Å². The van der Waals surface area contributed by atoms with Crippen molar-refractivity contribution in [2.24, 2.45) is 11.7 Å². The Kier molecular flexibility index (Phi) is 21.9. The standard InChI is InChI=1S/C23H49NO/c1-3-4-5-6-7-8-9-10-11-12-13-14-15-16-17-19-23(2)22-25-21-18-20-24/h23H,3-22,24H2,1-2H3. The third-order valence-corrected chi connectivity index (χ3v) is 5.20. The number of hydrogen-bond acceptors (Lipinski definition) is 2. The van der Waals surface area contributed by atoms with E-state index in [9.17, 15) is 0 Å². The molecule has 0 amide bonds. The largest absolute Gasteiger partial charge is 0.381 e. The first-order valence-corrected chi connectivity index (χ1v) is 11.6. The zero-order valence-electron chi connectivity index (χ0n) is 17.7. The van der Waals surface area contributed by atoms with Crippen LogP contribution in [-0.4, -0.2) is 19.8 Å². The second-order valence-electron chi connectivity index (χ2n) is 8.06. The van der Waals surface area contributed by atoms with E-state index in [1.807, 2.05) is 0 Å². The quantitative estimate of drug-likeness (QED) is 0.220. The lowest BCUT2D eigenvalue weighted by atomic mass is 10.0. The Balaban J connectivity index is 3.06. The molecule has 0 aromatic heterocycles. The summed E-state index contributed by atoms with van der Waals surface area (Å²) in [5, 5.41) is 0. The van der Waals surface area contributed by atoms with Gasteiger partial charge < -0.3 is 10.5 Å². The summed E-state index contributed by atoms with van der Waals surface area (Å²) in [6.07, 6.45) is 23.9. The van der Waals surface area contributed by atoms with E-state index in [2.05, 4.69) is 13.8 Å². The van der Waals surface area contributed by atoms with E-state index < -0.39 is 0 Å². The third kappa shape index (κ3) is 21.9. The number of unbranched alkanes of at least 4 members (excludes halogenated alkanes) is 14. The lowest BCUT2D eigenvalue weighted by Gasteiger charge is -2.11. The highest BCUT2D eigenvalue weighted by atomic mass is 16.5. The van der Waals surface area contributed by atoms with Crippen molar-refractivity contribution in [1.82, 2.24) is 0 Å². The molecular weight excluding hydrogens is 306 g/mol. The minimum Gasteiger partial charge on any atom is -0.381 e. The van der Waals surface area contributed by atoms with E-state index in [1.54, 1.807) is 0 Å². The topological polar surface area (TPSA) is 35.2 Å². The summed E-state index contributed by atoms with van der Waals surface area (Å²) in [6, 6.07) is 0. The van der Waals surface area contributed by atoms with Crippen LogP contribution in [0.1, 0.15) is 123 Å². The van der Waals surface area contributed by atoms with E-state index in [0.717, 1.165) is 26.2 Å². The molecule has 0 saturated heterocycles. The van der Waals surface area contributed by atoms with Gasteiger partial charge in [-0.05, 0) is 25.3 Å². The molecule has 25 heavy (non-hydrogen) atoms. The summed E-state index contributed by atoms with van der Waals surface area (Å²) in [4.78, 5) is 0. The maximum absolute atomic E-state index is 5.63. The van der Waals surface area contributed by atoms with Crippen molar-refractivity contribution in [2.45, 2.75) is 123 Å². The van der Waals surface area contributed by atoms with Crippen molar-refractivity contribution in [3.63, 3.8) is 0 Å². The summed E-state index contributed by atoms with van der Waals surface area (Å²) in [7, 11) is 0. The van der Waals surface area contributed by atoms with Crippen LogP contribution in [0, 0.1) is 5.92 Å². The fourth-order valence-electron chi connectivity index (χ4n) is 3.42. The third-order valence-electron chi connectivity index (χ3n) is 5.20. The highest BCUT2D eigenvalue weighted by Crippen LogP contribution is 2.15. The first kappa shape index (κ1) is 24.9. The minimum absolute atomic E-state index is 0.708. The highest BCUT2D eigenvalue weighted by Gasteiger charge is 2.02. The SMILES string of the molecule is CCCCCCCCCCCCCCCCCC(C)COCCCN. The monoisotopic (exact) mass is 355 g/mol. The van der Waals surface area contributed by atoms with Gasteiger partial charge in [0.25, 0.3) is 0 Å². The molecule has 2 nitrogen and oxygen atoms in total. The lowest BCUT2D eigenvalue weighted by Crippen LogP contribution is -2.09. The van der Waals surface area contributed by atoms with Crippen LogP contribution in [-0.2, 0) is 4.74 Å². The zero-order chi connectivity index (χ0) is 18.4. The predicted octanol–water partition coefficient (Wildman–Crippen LogP) is 7.25. The van der Waals surface area contributed by atoms with Gasteiger partial charge in [-0.3, -0.25) is 0 Å². The summed E-state index contributed by atoms with van der Waals surface area (Å²) in [6.45, 7) is 7.10. The molecule has 2 heteroatoms. The van der Waals surface area contributed by atoms with Crippen LogP contribution in [0.25, 0.3) is 0 Å². The number of ether oxygens (including phenoxy) is 1. The molecule has 1 atom stereocenters. The molecule has 0 heterocycles. The Hall–Kier alpha value is -0.0800. The lowest BCUT2D eigenvalue weighted by molar-refractivity contribution is 0.100. The molecule has 2 N–H and O–H groups in total. The molecule has 0 radical (unpaired) electrons. The van der Waals surface area contributed by atoms with Crippen LogP contribution >= 0.6 is 0 Å². The first-order valence-electron chi connectivity index (χ1n) is 11.6. The number of nitrogens with two attached hydrogens (primary N) is 1. The molecule has 0 aromatic carbocycles. The average Bonchev–Trinajstić information content (AvgIpc) is 2.62. The molecule has 0 aromatic rings. The van der Waals surface area contributed by atoms with Gasteiger partial charge in [-0.1, -0.05) is 110 Å². The fourth-order valence-corrected chi connectivity index (χ4v) is 3.42. The van der Waals surface area contributed by atoms with Crippen molar-refractivity contribution in [3.05, 3.63) is 0 Å². The molecule has 1 unspecified atom stereocenters. The van der Waals surface area contributed by atoms with Crippen molar-refractivity contribution >= 4 is 0 Å². The van der Waals surface area contributed by atoms with Gasteiger partial charge in [0.05, 0.1) is 0 Å². The normalized spacial score (nSPS) is 12.6. The Labute approximate surface area is 159 Å². The van der Waals surface area contributed by atoms with E-state index >= 15 is 0 Å². The molecule has 0 aliphatic heterocycles. The van der Waals surface area contributed by atoms with Crippen LogP contribution in [0.2, 0.25) is 0 Å². The Morgan fingerprint density at radius 3 is 1.52 bits per heavy atom. The van der Waals surface area contributed by atoms with Gasteiger partial charge in [0.1, 0.15) is 0 Å². The van der Waals surface area contributed by atoms with Crippen LogP contribution in [0.5, 0.6) is 0 Å². The Bertz CT molecular complexity index is 232. The van der Waals surface area contributed by atoms with E-state index in [4.69, 9.17) is 10.5 Å². The molecule has 152 valence electrons. The minimum atomic E-state index is 0.708. The number of rotatable bonds is 21. The smallest absolute Gasteiger partial charge is 0.0491 e. The molecule has 0 bridgehead atoms. The van der Waals surface area contributed by atoms with E-state index in [0.29, 0.717) is 5.92 Å². The van der Waals surface area contributed by atoms with Crippen molar-refractivity contribution in [2.75, 3.05) is 19.8 Å². The first-order chi connectivity index (χ1) is 12.3. The predicted molar refractivity (Wildman–Crippen MR) is 113 cm³/mol. The maximum atomic E-state index is 5.63. The van der Waals surface area contributed by atoms with Gasteiger partial charge in [0.15, 0.2) is 0 Å². The molecule has 0 fully saturated rings. The van der Waals surface area contributed by atoms with Gasteiger partial charge in [-0.25, -0.2) is 0 Å². The average molecular weight is 356 g/mol.